The molecule has 0 spiro atoms. The van der Waals surface area contributed by atoms with Crippen LogP contribution in [-0.4, -0.2) is 24.6 Å². The van der Waals surface area contributed by atoms with Crippen LogP contribution in [0.3, 0.4) is 0 Å². The molecule has 18 heavy (non-hydrogen) atoms. The third-order valence-corrected chi connectivity index (χ3v) is 2.94. The number of hydrogen-bond donors (Lipinski definition) is 0. The second-order valence-corrected chi connectivity index (χ2v) is 6.85. The van der Waals surface area contributed by atoms with E-state index in [0.717, 1.165) is 12.3 Å². The normalized spacial score (nSPS) is 13.7. The molecule has 1 aromatic rings. The first-order valence-electron chi connectivity index (χ1n) is 4.98. The zero-order chi connectivity index (χ0) is 14.4. The van der Waals surface area contributed by atoms with Gasteiger partial charge in [0.1, 0.15) is 5.69 Å². The molecule has 0 saturated heterocycles. The van der Waals surface area contributed by atoms with Crippen molar-refractivity contribution in [1.82, 2.24) is 9.97 Å². The van der Waals surface area contributed by atoms with E-state index in [0.29, 0.717) is 0 Å². The van der Waals surface area contributed by atoms with Gasteiger partial charge in [-0.1, -0.05) is 20.8 Å². The smallest absolute Gasteiger partial charge is 0.223 e. The number of hydrogen-bond acceptors (Lipinski definition) is 4. The number of halogens is 3. The molecule has 0 fully saturated rings. The van der Waals surface area contributed by atoms with Gasteiger partial charge in [-0.3, -0.25) is 0 Å². The fraction of sp³-hybridized carbons (Fsp3) is 0.600. The van der Waals surface area contributed by atoms with E-state index in [2.05, 4.69) is 9.97 Å². The molecule has 1 aromatic heterocycles. The van der Waals surface area contributed by atoms with Crippen molar-refractivity contribution in [2.75, 3.05) is 6.26 Å². The monoisotopic (exact) mass is 282 g/mol. The van der Waals surface area contributed by atoms with Crippen LogP contribution in [0.15, 0.2) is 11.2 Å². The van der Waals surface area contributed by atoms with Crippen LogP contribution in [0.25, 0.3) is 0 Å². The molecule has 0 atom stereocenters. The van der Waals surface area contributed by atoms with Crippen molar-refractivity contribution >= 4 is 9.84 Å². The molecule has 1 heterocycles. The van der Waals surface area contributed by atoms with E-state index >= 15 is 0 Å². The number of rotatable bonds is 1. The van der Waals surface area contributed by atoms with Crippen molar-refractivity contribution < 1.29 is 21.6 Å². The summed E-state index contributed by atoms with van der Waals surface area (Å²) in [5.74, 6) is 0. The molecule has 0 saturated carbocycles. The molecular weight excluding hydrogens is 269 g/mol. The van der Waals surface area contributed by atoms with Crippen LogP contribution in [-0.2, 0) is 21.4 Å². The van der Waals surface area contributed by atoms with Crippen LogP contribution in [0, 0.1) is 0 Å². The first-order valence-corrected chi connectivity index (χ1v) is 6.88. The molecule has 1 rings (SSSR count). The minimum absolute atomic E-state index is 0.0326. The van der Waals surface area contributed by atoms with Crippen LogP contribution in [0.1, 0.15) is 32.2 Å². The summed E-state index contributed by atoms with van der Waals surface area (Å²) in [5.41, 5.74) is -1.92. The minimum atomic E-state index is -4.71. The van der Waals surface area contributed by atoms with Crippen molar-refractivity contribution in [2.24, 2.45) is 0 Å². The van der Waals surface area contributed by atoms with E-state index in [1.165, 1.54) is 0 Å². The summed E-state index contributed by atoms with van der Waals surface area (Å²) in [6.07, 6.45) is -3.93. The number of nitrogens with zero attached hydrogens (tertiary/aromatic N) is 2. The second kappa shape index (κ2) is 4.18. The van der Waals surface area contributed by atoms with Crippen LogP contribution >= 0.6 is 0 Å². The minimum Gasteiger partial charge on any atom is -0.223 e. The Bertz CT molecular complexity index is 527. The lowest BCUT2D eigenvalue weighted by atomic mass is 9.91. The number of aromatic nitrogens is 2. The summed E-state index contributed by atoms with van der Waals surface area (Å²) < 4.78 is 60.5. The Hall–Kier alpha value is -1.18. The Labute approximate surface area is 103 Å². The molecule has 0 bridgehead atoms. The summed E-state index contributed by atoms with van der Waals surface area (Å²) in [4.78, 5) is 6.76. The predicted molar refractivity (Wildman–Crippen MR) is 58.8 cm³/mol. The van der Waals surface area contributed by atoms with Gasteiger partial charge in [0, 0.05) is 11.7 Å². The van der Waals surface area contributed by atoms with Crippen LogP contribution in [0.5, 0.6) is 0 Å². The molecule has 0 unspecified atom stereocenters. The zero-order valence-corrected chi connectivity index (χ0v) is 11.1. The molecule has 0 radical (unpaired) electrons. The molecule has 0 aromatic carbocycles. The molecule has 0 amide bonds. The van der Waals surface area contributed by atoms with Crippen LogP contribution in [0.4, 0.5) is 13.2 Å². The Balaban J connectivity index is 3.60. The molecule has 0 aliphatic heterocycles. The van der Waals surface area contributed by atoms with Gasteiger partial charge >= 0.3 is 6.18 Å². The van der Waals surface area contributed by atoms with E-state index < -0.39 is 32.3 Å². The van der Waals surface area contributed by atoms with Gasteiger partial charge in [0.2, 0.25) is 15.0 Å². The third kappa shape index (κ3) is 3.41. The topological polar surface area (TPSA) is 59.9 Å². The molecule has 0 aliphatic carbocycles. The van der Waals surface area contributed by atoms with Crippen LogP contribution in [0.2, 0.25) is 0 Å². The van der Waals surface area contributed by atoms with E-state index in [4.69, 9.17) is 0 Å². The Morgan fingerprint density at radius 3 is 1.83 bits per heavy atom. The first-order chi connectivity index (χ1) is 7.82. The Morgan fingerprint density at radius 2 is 1.50 bits per heavy atom. The van der Waals surface area contributed by atoms with E-state index in [1.807, 2.05) is 0 Å². The van der Waals surface area contributed by atoms with Gasteiger partial charge in [-0.25, -0.2) is 18.4 Å². The predicted octanol–water partition coefficient (Wildman–Crippen LogP) is 2.20. The fourth-order valence-electron chi connectivity index (χ4n) is 1.12. The SMILES string of the molecule is CC(C)(C)c1cc(C(F)(F)F)nc(S(C)(=O)=O)n1. The lowest BCUT2D eigenvalue weighted by Crippen LogP contribution is -2.21. The Kier molecular flexibility index (Phi) is 3.46. The summed E-state index contributed by atoms with van der Waals surface area (Å²) in [5, 5.41) is -0.803. The van der Waals surface area contributed by atoms with Gasteiger partial charge in [0.05, 0.1) is 5.69 Å². The molecular formula is C10H13F3N2O2S. The second-order valence-electron chi connectivity index (χ2n) is 4.94. The molecule has 0 N–H and O–H groups in total. The van der Waals surface area contributed by atoms with Crippen molar-refractivity contribution in [3.05, 3.63) is 17.5 Å². The average Bonchev–Trinajstić information content (AvgIpc) is 2.13. The number of alkyl halides is 3. The molecule has 8 heteroatoms. The number of sulfone groups is 1. The fourth-order valence-corrected chi connectivity index (χ4v) is 1.65. The summed E-state index contributed by atoms with van der Waals surface area (Å²) in [7, 11) is -3.89. The van der Waals surface area contributed by atoms with Gasteiger partial charge in [-0.2, -0.15) is 13.2 Å². The van der Waals surface area contributed by atoms with Crippen molar-refractivity contribution in [3.8, 4) is 0 Å². The standard InChI is InChI=1S/C10H13F3N2O2S/c1-9(2,3)6-5-7(10(11,12)13)15-8(14-6)18(4,16)17/h5H,1-4H3. The highest BCUT2D eigenvalue weighted by molar-refractivity contribution is 7.90. The van der Waals surface area contributed by atoms with E-state index in [-0.39, 0.29) is 5.69 Å². The lowest BCUT2D eigenvalue weighted by molar-refractivity contribution is -0.141. The summed E-state index contributed by atoms with van der Waals surface area (Å²) in [6.45, 7) is 4.92. The quantitative estimate of drug-likeness (QED) is 0.741. The largest absolute Gasteiger partial charge is 0.433 e. The maximum Gasteiger partial charge on any atom is 0.433 e. The first kappa shape index (κ1) is 14.9. The van der Waals surface area contributed by atoms with E-state index in [1.54, 1.807) is 20.8 Å². The molecule has 102 valence electrons. The van der Waals surface area contributed by atoms with Crippen LogP contribution < -0.4 is 0 Å². The maximum atomic E-state index is 12.6. The third-order valence-electron chi connectivity index (χ3n) is 2.10. The van der Waals surface area contributed by atoms with E-state index in [9.17, 15) is 21.6 Å². The van der Waals surface area contributed by atoms with Gasteiger partial charge in [-0.05, 0) is 6.07 Å². The highest BCUT2D eigenvalue weighted by Crippen LogP contribution is 2.31. The molecule has 0 aliphatic rings. The van der Waals surface area contributed by atoms with Gasteiger partial charge in [0.25, 0.3) is 0 Å². The average molecular weight is 282 g/mol. The van der Waals surface area contributed by atoms with Gasteiger partial charge in [-0.15, -0.1) is 0 Å². The highest BCUT2D eigenvalue weighted by atomic mass is 32.2. The van der Waals surface area contributed by atoms with Crippen molar-refractivity contribution in [1.29, 1.82) is 0 Å². The molecule has 4 nitrogen and oxygen atoms in total. The summed E-state index contributed by atoms with van der Waals surface area (Å²) in [6, 6.07) is 0.772. The summed E-state index contributed by atoms with van der Waals surface area (Å²) >= 11 is 0. The maximum absolute atomic E-state index is 12.6. The van der Waals surface area contributed by atoms with Crippen molar-refractivity contribution in [2.45, 2.75) is 37.5 Å². The highest BCUT2D eigenvalue weighted by Gasteiger charge is 2.35. The van der Waals surface area contributed by atoms with Gasteiger partial charge in [0.15, 0.2) is 0 Å². The zero-order valence-electron chi connectivity index (χ0n) is 10.3. The Morgan fingerprint density at radius 1 is 1.06 bits per heavy atom. The van der Waals surface area contributed by atoms with Gasteiger partial charge < -0.3 is 0 Å². The lowest BCUT2D eigenvalue weighted by Gasteiger charge is -2.19. The van der Waals surface area contributed by atoms with Crippen molar-refractivity contribution in [3.63, 3.8) is 0 Å².